The molecular formula is C18H22N4O2. The van der Waals surface area contributed by atoms with Gasteiger partial charge < -0.3 is 5.32 Å². The largest absolute Gasteiger partial charge is 0.326 e. The van der Waals surface area contributed by atoms with Crippen molar-refractivity contribution in [3.8, 4) is 11.1 Å². The molecule has 1 fully saturated rings. The number of nitrogens with zero attached hydrogens (tertiary/aromatic N) is 3. The van der Waals surface area contributed by atoms with Crippen LogP contribution < -0.4 is 5.32 Å². The summed E-state index contributed by atoms with van der Waals surface area (Å²) in [4.78, 5) is 26.2. The van der Waals surface area contributed by atoms with Gasteiger partial charge in [0, 0.05) is 18.8 Å². The number of amides is 3. The standard InChI is InChI=1S/C18H22N4O2/c1-4-12(2)16-17(23)22(18(24)20-16)11-13-7-5-6-8-15(13)14-9-19-21(3)10-14/h5-10,12,16H,4,11H2,1-3H3,(H,20,24)/t12-,16-/m1/s1. The molecule has 0 bridgehead atoms. The van der Waals surface area contributed by atoms with Crippen molar-refractivity contribution in [2.45, 2.75) is 32.9 Å². The average molecular weight is 326 g/mol. The molecule has 2 aromatic rings. The summed E-state index contributed by atoms with van der Waals surface area (Å²) in [7, 11) is 1.86. The predicted molar refractivity (Wildman–Crippen MR) is 91.0 cm³/mol. The topological polar surface area (TPSA) is 67.2 Å². The summed E-state index contributed by atoms with van der Waals surface area (Å²) < 4.78 is 1.73. The number of hydrogen-bond donors (Lipinski definition) is 1. The van der Waals surface area contributed by atoms with E-state index in [0.717, 1.165) is 23.1 Å². The van der Waals surface area contributed by atoms with Crippen molar-refractivity contribution in [3.05, 3.63) is 42.2 Å². The first-order valence-electron chi connectivity index (χ1n) is 8.20. The number of imide groups is 1. The van der Waals surface area contributed by atoms with E-state index in [2.05, 4.69) is 10.4 Å². The molecule has 1 N–H and O–H groups in total. The number of carbonyl (C=O) groups is 2. The minimum absolute atomic E-state index is 0.125. The van der Waals surface area contributed by atoms with Crippen molar-refractivity contribution in [1.82, 2.24) is 20.0 Å². The third-order valence-electron chi connectivity index (χ3n) is 4.63. The molecule has 0 radical (unpaired) electrons. The molecule has 0 saturated carbocycles. The summed E-state index contributed by atoms with van der Waals surface area (Å²) in [5, 5.41) is 7.01. The minimum atomic E-state index is -0.423. The van der Waals surface area contributed by atoms with Crippen molar-refractivity contribution < 1.29 is 9.59 Å². The molecular weight excluding hydrogens is 304 g/mol. The van der Waals surface area contributed by atoms with Crippen LogP contribution in [0.25, 0.3) is 11.1 Å². The molecule has 6 nitrogen and oxygen atoms in total. The predicted octanol–water partition coefficient (Wildman–Crippen LogP) is 2.55. The second kappa shape index (κ2) is 6.47. The first-order chi connectivity index (χ1) is 11.5. The second-order valence-electron chi connectivity index (χ2n) is 6.30. The SMILES string of the molecule is CC[C@@H](C)[C@H]1NC(=O)N(Cc2ccccc2-c2cnn(C)c2)C1=O. The summed E-state index contributed by atoms with van der Waals surface area (Å²) >= 11 is 0. The first-order valence-corrected chi connectivity index (χ1v) is 8.20. The van der Waals surface area contributed by atoms with Crippen LogP contribution in [0.1, 0.15) is 25.8 Å². The number of hydrogen-bond acceptors (Lipinski definition) is 3. The molecule has 3 rings (SSSR count). The number of benzene rings is 1. The first kappa shape index (κ1) is 16.2. The van der Waals surface area contributed by atoms with Gasteiger partial charge in [0.2, 0.25) is 0 Å². The van der Waals surface area contributed by atoms with Crippen LogP contribution in [0.5, 0.6) is 0 Å². The molecule has 1 aromatic heterocycles. The highest BCUT2D eigenvalue weighted by Crippen LogP contribution is 2.26. The van der Waals surface area contributed by atoms with Gasteiger partial charge in [0.25, 0.3) is 5.91 Å². The van der Waals surface area contributed by atoms with Gasteiger partial charge in [0.15, 0.2) is 0 Å². The molecule has 0 spiro atoms. The Morgan fingerprint density at radius 2 is 2.04 bits per heavy atom. The van der Waals surface area contributed by atoms with Crippen LogP contribution in [-0.2, 0) is 18.4 Å². The van der Waals surface area contributed by atoms with E-state index < -0.39 is 6.04 Å². The Labute approximate surface area is 141 Å². The molecule has 2 heterocycles. The Morgan fingerprint density at radius 3 is 2.71 bits per heavy atom. The van der Waals surface area contributed by atoms with Crippen molar-refractivity contribution in [1.29, 1.82) is 0 Å². The van der Waals surface area contributed by atoms with Gasteiger partial charge in [-0.3, -0.25) is 14.4 Å². The molecule has 0 unspecified atom stereocenters. The lowest BCUT2D eigenvalue weighted by atomic mass is 9.99. The van der Waals surface area contributed by atoms with E-state index in [4.69, 9.17) is 0 Å². The van der Waals surface area contributed by atoms with Crippen LogP contribution in [0, 0.1) is 5.92 Å². The van der Waals surface area contributed by atoms with E-state index in [1.807, 2.05) is 51.4 Å². The zero-order valence-corrected chi connectivity index (χ0v) is 14.2. The number of urea groups is 1. The maximum atomic E-state index is 12.6. The zero-order chi connectivity index (χ0) is 17.3. The van der Waals surface area contributed by atoms with Crippen LogP contribution in [0.3, 0.4) is 0 Å². The third-order valence-corrected chi connectivity index (χ3v) is 4.63. The number of aryl methyl sites for hydroxylation is 1. The second-order valence-corrected chi connectivity index (χ2v) is 6.30. The van der Waals surface area contributed by atoms with Gasteiger partial charge >= 0.3 is 6.03 Å². The van der Waals surface area contributed by atoms with Gasteiger partial charge in [-0.15, -0.1) is 0 Å². The molecule has 126 valence electrons. The van der Waals surface area contributed by atoms with Crippen LogP contribution in [0.15, 0.2) is 36.7 Å². The highest BCUT2D eigenvalue weighted by atomic mass is 16.2. The summed E-state index contributed by atoms with van der Waals surface area (Å²) in [5.41, 5.74) is 2.88. The van der Waals surface area contributed by atoms with Crippen LogP contribution in [-0.4, -0.2) is 32.7 Å². The summed E-state index contributed by atoms with van der Waals surface area (Å²) in [5.74, 6) is -0.0182. The average Bonchev–Trinajstić information content (AvgIpc) is 3.13. The molecule has 1 saturated heterocycles. The van der Waals surface area contributed by atoms with Gasteiger partial charge in [-0.2, -0.15) is 5.10 Å². The van der Waals surface area contributed by atoms with E-state index >= 15 is 0 Å². The van der Waals surface area contributed by atoms with Crippen LogP contribution in [0.2, 0.25) is 0 Å². The van der Waals surface area contributed by atoms with Crippen molar-refractivity contribution in [2.75, 3.05) is 0 Å². The fourth-order valence-corrected chi connectivity index (χ4v) is 2.98. The van der Waals surface area contributed by atoms with E-state index in [0.29, 0.717) is 0 Å². The Morgan fingerprint density at radius 1 is 1.29 bits per heavy atom. The summed E-state index contributed by atoms with van der Waals surface area (Å²) in [6.45, 7) is 4.27. The third kappa shape index (κ3) is 2.91. The Bertz CT molecular complexity index is 768. The fourth-order valence-electron chi connectivity index (χ4n) is 2.98. The highest BCUT2D eigenvalue weighted by Gasteiger charge is 2.40. The molecule has 24 heavy (non-hydrogen) atoms. The fraction of sp³-hybridized carbons (Fsp3) is 0.389. The van der Waals surface area contributed by atoms with E-state index in [9.17, 15) is 9.59 Å². The van der Waals surface area contributed by atoms with Crippen molar-refractivity contribution in [3.63, 3.8) is 0 Å². The quantitative estimate of drug-likeness (QED) is 0.859. The molecule has 6 heteroatoms. The summed E-state index contributed by atoms with van der Waals surface area (Å²) in [6, 6.07) is 7.05. The lowest BCUT2D eigenvalue weighted by Crippen LogP contribution is -2.35. The van der Waals surface area contributed by atoms with Gasteiger partial charge in [0.1, 0.15) is 6.04 Å². The van der Waals surface area contributed by atoms with Gasteiger partial charge in [-0.1, -0.05) is 44.5 Å². The normalized spacial score (nSPS) is 18.8. The summed E-state index contributed by atoms with van der Waals surface area (Å²) in [6.07, 6.45) is 4.55. The maximum absolute atomic E-state index is 12.6. The smallest absolute Gasteiger partial charge is 0.325 e. The molecule has 1 aliphatic heterocycles. The van der Waals surface area contributed by atoms with E-state index in [-0.39, 0.29) is 24.4 Å². The number of aromatic nitrogens is 2. The molecule has 1 aliphatic rings. The Hall–Kier alpha value is -2.63. The number of carbonyl (C=O) groups excluding carboxylic acids is 2. The Kier molecular flexibility index (Phi) is 4.38. The highest BCUT2D eigenvalue weighted by molar-refractivity contribution is 6.04. The van der Waals surface area contributed by atoms with Crippen LogP contribution in [0.4, 0.5) is 4.79 Å². The van der Waals surface area contributed by atoms with Gasteiger partial charge in [-0.25, -0.2) is 4.79 Å². The van der Waals surface area contributed by atoms with E-state index in [1.165, 1.54) is 4.90 Å². The molecule has 1 aromatic carbocycles. The molecule has 0 aliphatic carbocycles. The van der Waals surface area contributed by atoms with Gasteiger partial charge in [-0.05, 0) is 17.0 Å². The minimum Gasteiger partial charge on any atom is -0.326 e. The molecule has 2 atom stereocenters. The van der Waals surface area contributed by atoms with Crippen molar-refractivity contribution >= 4 is 11.9 Å². The maximum Gasteiger partial charge on any atom is 0.325 e. The molecule has 3 amide bonds. The van der Waals surface area contributed by atoms with E-state index in [1.54, 1.807) is 10.9 Å². The lowest BCUT2D eigenvalue weighted by Gasteiger charge is -2.17. The van der Waals surface area contributed by atoms with Crippen LogP contribution >= 0.6 is 0 Å². The number of rotatable bonds is 5. The van der Waals surface area contributed by atoms with Gasteiger partial charge in [0.05, 0.1) is 12.7 Å². The number of nitrogens with one attached hydrogen (secondary N) is 1. The monoisotopic (exact) mass is 326 g/mol. The zero-order valence-electron chi connectivity index (χ0n) is 14.2. The van der Waals surface area contributed by atoms with Crippen molar-refractivity contribution in [2.24, 2.45) is 13.0 Å². The Balaban J connectivity index is 1.87. The lowest BCUT2D eigenvalue weighted by molar-refractivity contribution is -0.128.